The highest BCUT2D eigenvalue weighted by atomic mass is 16.5. The van der Waals surface area contributed by atoms with Crippen molar-refractivity contribution in [3.8, 4) is 0 Å². The molecular weight excluding hydrogens is 368 g/mol. The van der Waals surface area contributed by atoms with E-state index in [1.165, 1.54) is 0 Å². The summed E-state index contributed by atoms with van der Waals surface area (Å²) in [5, 5.41) is 3.01. The lowest BCUT2D eigenvalue weighted by atomic mass is 9.83. The highest BCUT2D eigenvalue weighted by Crippen LogP contribution is 2.42. The van der Waals surface area contributed by atoms with Crippen LogP contribution in [0.2, 0.25) is 0 Å². The summed E-state index contributed by atoms with van der Waals surface area (Å²) in [5.41, 5.74) is 0.326. The quantitative estimate of drug-likeness (QED) is 0.825. The summed E-state index contributed by atoms with van der Waals surface area (Å²) in [5.74, 6) is 0.473. The molecule has 3 aliphatic rings. The second-order valence-electron chi connectivity index (χ2n) is 8.76. The number of nitrogens with one attached hydrogen (secondary N) is 1. The Balaban J connectivity index is 1.49. The number of benzene rings is 1. The van der Waals surface area contributed by atoms with Gasteiger partial charge in [-0.15, -0.1) is 0 Å². The predicted molar refractivity (Wildman–Crippen MR) is 109 cm³/mol. The molecule has 2 aliphatic heterocycles. The van der Waals surface area contributed by atoms with E-state index in [9.17, 15) is 9.59 Å². The number of nitrogens with zero attached hydrogens (tertiary/aromatic N) is 1. The van der Waals surface area contributed by atoms with Gasteiger partial charge in [0.25, 0.3) is 0 Å². The van der Waals surface area contributed by atoms with E-state index < -0.39 is 11.8 Å². The average Bonchev–Trinajstić information content (AvgIpc) is 3.38. The third-order valence-corrected chi connectivity index (χ3v) is 6.61. The SMILES string of the molecule is CC1CCC2(CC1)OC[C@H](C(=O)NC[C@@H]1CCCO1)N2C(=O)Cc1ccccc1. The molecular formula is C23H32N2O4. The van der Waals surface area contributed by atoms with Gasteiger partial charge in [0.05, 0.1) is 19.1 Å². The van der Waals surface area contributed by atoms with E-state index in [1.54, 1.807) is 4.90 Å². The van der Waals surface area contributed by atoms with Gasteiger partial charge in [-0.1, -0.05) is 37.3 Å². The van der Waals surface area contributed by atoms with Crippen LogP contribution in [0.4, 0.5) is 0 Å². The molecule has 3 fully saturated rings. The fourth-order valence-corrected chi connectivity index (χ4v) is 4.85. The minimum absolute atomic E-state index is 0.0273. The van der Waals surface area contributed by atoms with E-state index in [1.807, 2.05) is 30.3 Å². The number of rotatable bonds is 5. The number of hydrogen-bond donors (Lipinski definition) is 1. The minimum Gasteiger partial charge on any atom is -0.376 e. The molecule has 2 amide bonds. The summed E-state index contributed by atoms with van der Waals surface area (Å²) in [7, 11) is 0. The van der Waals surface area contributed by atoms with Crippen LogP contribution in [0.5, 0.6) is 0 Å². The lowest BCUT2D eigenvalue weighted by Gasteiger charge is -2.43. The zero-order valence-corrected chi connectivity index (χ0v) is 17.3. The molecule has 0 unspecified atom stereocenters. The van der Waals surface area contributed by atoms with E-state index in [-0.39, 0.29) is 30.9 Å². The van der Waals surface area contributed by atoms with Crippen LogP contribution in [0, 0.1) is 5.92 Å². The van der Waals surface area contributed by atoms with Gasteiger partial charge in [0.15, 0.2) is 0 Å². The molecule has 2 heterocycles. The summed E-state index contributed by atoms with van der Waals surface area (Å²) >= 11 is 0. The largest absolute Gasteiger partial charge is 0.376 e. The van der Waals surface area contributed by atoms with Crippen molar-refractivity contribution in [1.29, 1.82) is 0 Å². The maximum Gasteiger partial charge on any atom is 0.245 e. The third kappa shape index (κ3) is 4.48. The second kappa shape index (κ2) is 8.84. The summed E-state index contributed by atoms with van der Waals surface area (Å²) in [6.07, 6.45) is 6.00. The van der Waals surface area contributed by atoms with E-state index >= 15 is 0 Å². The first-order chi connectivity index (χ1) is 14.1. The van der Waals surface area contributed by atoms with Crippen LogP contribution in [0.25, 0.3) is 0 Å². The van der Waals surface area contributed by atoms with Gasteiger partial charge >= 0.3 is 0 Å². The maximum atomic E-state index is 13.4. The predicted octanol–water partition coefficient (Wildman–Crippen LogP) is 2.66. The van der Waals surface area contributed by atoms with E-state index in [4.69, 9.17) is 9.47 Å². The molecule has 1 aromatic carbocycles. The third-order valence-electron chi connectivity index (χ3n) is 6.61. The van der Waals surface area contributed by atoms with Crippen molar-refractivity contribution in [2.75, 3.05) is 19.8 Å². The maximum absolute atomic E-state index is 13.4. The molecule has 158 valence electrons. The van der Waals surface area contributed by atoms with Crippen LogP contribution in [0.1, 0.15) is 51.0 Å². The van der Waals surface area contributed by atoms with Gasteiger partial charge in [0.2, 0.25) is 11.8 Å². The van der Waals surface area contributed by atoms with Crippen LogP contribution >= 0.6 is 0 Å². The van der Waals surface area contributed by atoms with Gasteiger partial charge in [0.1, 0.15) is 11.8 Å². The Bertz CT molecular complexity index is 709. The van der Waals surface area contributed by atoms with Crippen molar-refractivity contribution in [3.63, 3.8) is 0 Å². The van der Waals surface area contributed by atoms with Crippen molar-refractivity contribution < 1.29 is 19.1 Å². The summed E-state index contributed by atoms with van der Waals surface area (Å²) in [4.78, 5) is 28.2. The number of carbonyl (C=O) groups excluding carboxylic acids is 2. The normalized spacial score (nSPS) is 31.9. The minimum atomic E-state index is -0.635. The van der Waals surface area contributed by atoms with Crippen molar-refractivity contribution in [2.24, 2.45) is 5.92 Å². The van der Waals surface area contributed by atoms with Gasteiger partial charge in [0, 0.05) is 13.2 Å². The van der Waals surface area contributed by atoms with Crippen molar-refractivity contribution in [3.05, 3.63) is 35.9 Å². The molecule has 0 radical (unpaired) electrons. The zero-order chi connectivity index (χ0) is 20.3. The van der Waals surface area contributed by atoms with Crippen LogP contribution in [-0.4, -0.2) is 54.3 Å². The Labute approximate surface area is 172 Å². The molecule has 0 aromatic heterocycles. The highest BCUT2D eigenvalue weighted by Gasteiger charge is 2.53. The van der Waals surface area contributed by atoms with Crippen LogP contribution < -0.4 is 5.32 Å². The Morgan fingerprint density at radius 3 is 2.62 bits per heavy atom. The monoisotopic (exact) mass is 400 g/mol. The topological polar surface area (TPSA) is 67.9 Å². The molecule has 1 aromatic rings. The summed E-state index contributed by atoms with van der Waals surface area (Å²) in [6.45, 7) is 3.77. The molecule has 2 saturated heterocycles. The van der Waals surface area contributed by atoms with Gasteiger partial charge in [-0.25, -0.2) is 0 Å². The molecule has 6 nitrogen and oxygen atoms in total. The highest BCUT2D eigenvalue weighted by molar-refractivity contribution is 5.89. The molecule has 1 spiro atoms. The number of ether oxygens (including phenoxy) is 2. The Kier molecular flexibility index (Phi) is 6.20. The number of amides is 2. The second-order valence-corrected chi connectivity index (χ2v) is 8.76. The molecule has 1 aliphatic carbocycles. The van der Waals surface area contributed by atoms with Crippen molar-refractivity contribution in [2.45, 2.75) is 69.7 Å². The molecule has 0 bridgehead atoms. The molecule has 1 N–H and O–H groups in total. The summed E-state index contributed by atoms with van der Waals surface area (Å²) < 4.78 is 11.8. The smallest absolute Gasteiger partial charge is 0.245 e. The van der Waals surface area contributed by atoms with Gasteiger partial charge < -0.3 is 14.8 Å². The lowest BCUT2D eigenvalue weighted by Crippen LogP contribution is -2.57. The molecule has 6 heteroatoms. The van der Waals surface area contributed by atoms with Crippen LogP contribution in [0.3, 0.4) is 0 Å². The van der Waals surface area contributed by atoms with Gasteiger partial charge in [-0.3, -0.25) is 14.5 Å². The average molecular weight is 401 g/mol. The molecule has 29 heavy (non-hydrogen) atoms. The fourth-order valence-electron chi connectivity index (χ4n) is 4.85. The summed E-state index contributed by atoms with van der Waals surface area (Å²) in [6, 6.07) is 9.16. The molecule has 2 atom stereocenters. The van der Waals surface area contributed by atoms with E-state index in [0.717, 1.165) is 50.7 Å². The first kappa shape index (κ1) is 20.4. The number of hydrogen-bond acceptors (Lipinski definition) is 4. The Morgan fingerprint density at radius 1 is 1.17 bits per heavy atom. The fraction of sp³-hybridized carbons (Fsp3) is 0.652. The number of carbonyl (C=O) groups is 2. The standard InChI is InChI=1S/C23H32N2O4/c1-17-9-11-23(12-10-17)25(21(26)14-18-6-3-2-4-7-18)20(16-29-23)22(27)24-15-19-8-5-13-28-19/h2-4,6-7,17,19-20H,5,8-16H2,1H3,(H,24,27)/t17?,19-,20+,23?/m0/s1. The van der Waals surface area contributed by atoms with Crippen LogP contribution in [0.15, 0.2) is 30.3 Å². The molecule has 1 saturated carbocycles. The lowest BCUT2D eigenvalue weighted by molar-refractivity contribution is -0.160. The first-order valence-corrected chi connectivity index (χ1v) is 11.0. The Morgan fingerprint density at radius 2 is 1.93 bits per heavy atom. The van der Waals surface area contributed by atoms with Gasteiger partial charge in [-0.2, -0.15) is 0 Å². The van der Waals surface area contributed by atoms with Gasteiger partial charge in [-0.05, 0) is 50.0 Å². The van der Waals surface area contributed by atoms with E-state index in [0.29, 0.717) is 12.5 Å². The first-order valence-electron chi connectivity index (χ1n) is 11.0. The van der Waals surface area contributed by atoms with Crippen molar-refractivity contribution in [1.82, 2.24) is 10.2 Å². The molecule has 4 rings (SSSR count). The van der Waals surface area contributed by atoms with E-state index in [2.05, 4.69) is 12.2 Å². The van der Waals surface area contributed by atoms with Crippen molar-refractivity contribution >= 4 is 11.8 Å². The van der Waals surface area contributed by atoms with Crippen LogP contribution in [-0.2, 0) is 25.5 Å². The zero-order valence-electron chi connectivity index (χ0n) is 17.3. The Hall–Kier alpha value is -1.92.